The highest BCUT2D eigenvalue weighted by atomic mass is 79.9. The second-order valence-electron chi connectivity index (χ2n) is 3.88. The Hall–Kier alpha value is -0.910. The van der Waals surface area contributed by atoms with Crippen molar-refractivity contribution >= 4 is 44.7 Å². The number of rotatable bonds is 5. The molecule has 0 radical (unpaired) electrons. The van der Waals surface area contributed by atoms with Crippen LogP contribution in [0.3, 0.4) is 0 Å². The monoisotopic (exact) mass is 330 g/mol. The lowest BCUT2D eigenvalue weighted by Gasteiger charge is -2.03. The van der Waals surface area contributed by atoms with E-state index >= 15 is 0 Å². The van der Waals surface area contributed by atoms with E-state index in [0.29, 0.717) is 28.3 Å². The smallest absolute Gasteiger partial charge is 0.150 e. The highest BCUT2D eigenvalue weighted by Crippen LogP contribution is 2.31. The van der Waals surface area contributed by atoms with Gasteiger partial charge in [-0.25, -0.2) is 0 Å². The van der Waals surface area contributed by atoms with E-state index in [1.165, 1.54) is 0 Å². The lowest BCUT2D eigenvalue weighted by molar-refractivity contribution is 0.112. The molecule has 1 aromatic heterocycles. The van der Waals surface area contributed by atoms with Crippen LogP contribution in [0.5, 0.6) is 0 Å². The van der Waals surface area contributed by atoms with Crippen molar-refractivity contribution in [2.45, 2.75) is 13.0 Å². The zero-order chi connectivity index (χ0) is 13.1. The first-order valence-corrected chi connectivity index (χ1v) is 6.64. The molecule has 18 heavy (non-hydrogen) atoms. The van der Waals surface area contributed by atoms with Crippen LogP contribution in [0, 0.1) is 0 Å². The van der Waals surface area contributed by atoms with Crippen molar-refractivity contribution in [3.8, 4) is 0 Å². The topological polar surface area (TPSA) is 44.1 Å². The molecule has 0 unspecified atom stereocenters. The van der Waals surface area contributed by atoms with Crippen LogP contribution in [0.1, 0.15) is 16.8 Å². The van der Waals surface area contributed by atoms with Crippen LogP contribution in [-0.2, 0) is 11.3 Å². The van der Waals surface area contributed by atoms with Gasteiger partial charge in [0.05, 0.1) is 15.9 Å². The zero-order valence-electron chi connectivity index (χ0n) is 9.82. The molecular formula is C12H12BrClN2O2. The molecule has 96 valence electrons. The fraction of sp³-hybridized carbons (Fsp3) is 0.333. The van der Waals surface area contributed by atoms with E-state index in [1.54, 1.807) is 19.2 Å². The maximum absolute atomic E-state index is 10.9. The third-order valence-corrected chi connectivity index (χ3v) is 3.49. The normalized spacial score (nSPS) is 11.1. The minimum absolute atomic E-state index is 0.527. The van der Waals surface area contributed by atoms with E-state index in [0.717, 1.165) is 23.6 Å². The summed E-state index contributed by atoms with van der Waals surface area (Å²) in [5.41, 5.74) is 1.40. The summed E-state index contributed by atoms with van der Waals surface area (Å²) >= 11 is 9.54. The number of nitrogens with zero attached hydrogens (tertiary/aromatic N) is 2. The Morgan fingerprint density at radius 3 is 3.00 bits per heavy atom. The molecule has 0 aliphatic carbocycles. The molecule has 4 nitrogen and oxygen atoms in total. The number of halogens is 2. The number of methoxy groups -OCH3 is 1. The summed E-state index contributed by atoms with van der Waals surface area (Å²) in [6.45, 7) is 1.38. The van der Waals surface area contributed by atoms with Crippen LogP contribution in [0.15, 0.2) is 16.7 Å². The first kappa shape index (κ1) is 13.5. The number of aldehydes is 1. The minimum atomic E-state index is 0.527. The Morgan fingerprint density at radius 2 is 2.33 bits per heavy atom. The third-order valence-electron chi connectivity index (χ3n) is 2.64. The van der Waals surface area contributed by atoms with E-state index in [1.807, 2.05) is 4.68 Å². The first-order valence-electron chi connectivity index (χ1n) is 5.47. The molecule has 0 amide bonds. The Morgan fingerprint density at radius 1 is 1.56 bits per heavy atom. The molecule has 1 aromatic carbocycles. The van der Waals surface area contributed by atoms with Crippen LogP contribution in [0.2, 0.25) is 5.02 Å². The van der Waals surface area contributed by atoms with Gasteiger partial charge in [0.15, 0.2) is 0 Å². The van der Waals surface area contributed by atoms with Crippen molar-refractivity contribution < 1.29 is 9.53 Å². The molecule has 0 fully saturated rings. The number of carbonyl (C=O) groups excluding carboxylic acids is 1. The molecule has 0 atom stereocenters. The maximum Gasteiger partial charge on any atom is 0.150 e. The molecule has 0 aliphatic rings. The van der Waals surface area contributed by atoms with Gasteiger partial charge in [0.25, 0.3) is 0 Å². The van der Waals surface area contributed by atoms with Crippen LogP contribution in [-0.4, -0.2) is 29.8 Å². The number of fused-ring (bicyclic) bond motifs is 1. The maximum atomic E-state index is 10.9. The van der Waals surface area contributed by atoms with Gasteiger partial charge in [-0.2, -0.15) is 5.10 Å². The van der Waals surface area contributed by atoms with Gasteiger partial charge in [0.2, 0.25) is 0 Å². The van der Waals surface area contributed by atoms with Crippen molar-refractivity contribution in [3.05, 3.63) is 27.3 Å². The Bertz CT molecular complexity index is 583. The molecule has 0 bridgehead atoms. The number of benzene rings is 1. The van der Waals surface area contributed by atoms with Gasteiger partial charge in [0, 0.05) is 25.8 Å². The Kier molecular flexibility index (Phi) is 4.37. The lowest BCUT2D eigenvalue weighted by atomic mass is 10.2. The van der Waals surface area contributed by atoms with E-state index in [-0.39, 0.29) is 0 Å². The largest absolute Gasteiger partial charge is 0.385 e. The molecule has 0 N–H and O–H groups in total. The van der Waals surface area contributed by atoms with Crippen LogP contribution in [0.25, 0.3) is 10.9 Å². The van der Waals surface area contributed by atoms with Crippen molar-refractivity contribution in [3.63, 3.8) is 0 Å². The lowest BCUT2D eigenvalue weighted by Crippen LogP contribution is -2.03. The summed E-state index contributed by atoms with van der Waals surface area (Å²) in [6.07, 6.45) is 1.63. The first-order chi connectivity index (χ1) is 8.67. The van der Waals surface area contributed by atoms with Crippen LogP contribution >= 0.6 is 27.5 Å². The zero-order valence-corrected chi connectivity index (χ0v) is 12.2. The van der Waals surface area contributed by atoms with Gasteiger partial charge in [0.1, 0.15) is 10.9 Å². The van der Waals surface area contributed by atoms with Crippen molar-refractivity contribution in [1.29, 1.82) is 0 Å². The van der Waals surface area contributed by atoms with Crippen LogP contribution in [0.4, 0.5) is 0 Å². The number of hydrogen-bond donors (Lipinski definition) is 0. The molecule has 0 saturated heterocycles. The van der Waals surface area contributed by atoms with Gasteiger partial charge in [-0.1, -0.05) is 11.6 Å². The van der Waals surface area contributed by atoms with E-state index in [4.69, 9.17) is 16.3 Å². The Labute approximate surface area is 118 Å². The second-order valence-corrected chi connectivity index (χ2v) is 5.03. The van der Waals surface area contributed by atoms with Gasteiger partial charge in [-0.3, -0.25) is 9.48 Å². The summed E-state index contributed by atoms with van der Waals surface area (Å²) in [7, 11) is 1.67. The average Bonchev–Trinajstić information content (AvgIpc) is 2.67. The number of ether oxygens (including phenoxy) is 1. The molecular weight excluding hydrogens is 320 g/mol. The summed E-state index contributed by atoms with van der Waals surface area (Å²) in [5, 5.41) is 5.74. The molecule has 0 aliphatic heterocycles. The molecule has 1 heterocycles. The number of hydrogen-bond acceptors (Lipinski definition) is 3. The second kappa shape index (κ2) is 5.82. The summed E-state index contributed by atoms with van der Waals surface area (Å²) in [5.74, 6) is 0. The molecule has 2 rings (SSSR count). The van der Waals surface area contributed by atoms with Gasteiger partial charge in [-0.05, 0) is 34.5 Å². The summed E-state index contributed by atoms with van der Waals surface area (Å²) in [6, 6.07) is 3.43. The van der Waals surface area contributed by atoms with Crippen LogP contribution < -0.4 is 0 Å². The Balaban J connectivity index is 2.47. The molecule has 0 spiro atoms. The fourth-order valence-corrected chi connectivity index (χ4v) is 2.86. The summed E-state index contributed by atoms with van der Waals surface area (Å²) < 4.78 is 7.54. The highest BCUT2D eigenvalue weighted by molar-refractivity contribution is 9.10. The highest BCUT2D eigenvalue weighted by Gasteiger charge is 2.13. The summed E-state index contributed by atoms with van der Waals surface area (Å²) in [4.78, 5) is 10.9. The molecule has 6 heteroatoms. The standard InChI is InChI=1S/C12H12BrClN2O2/c1-18-4-2-3-16-10-6-8(7-17)5-9(14)11(10)12(13)15-16/h5-7H,2-4H2,1H3. The predicted molar refractivity (Wildman–Crippen MR) is 74.3 cm³/mol. The number of carbonyl (C=O) groups is 1. The molecule has 0 saturated carbocycles. The quantitative estimate of drug-likeness (QED) is 0.624. The fourth-order valence-electron chi connectivity index (χ4n) is 1.83. The van der Waals surface area contributed by atoms with Crippen molar-refractivity contribution in [2.75, 3.05) is 13.7 Å². The third kappa shape index (κ3) is 2.58. The van der Waals surface area contributed by atoms with Gasteiger partial charge in [-0.15, -0.1) is 0 Å². The van der Waals surface area contributed by atoms with Crippen molar-refractivity contribution in [1.82, 2.24) is 9.78 Å². The SMILES string of the molecule is COCCCn1nc(Br)c2c(Cl)cc(C=O)cc21. The average molecular weight is 332 g/mol. The van der Waals surface area contributed by atoms with E-state index < -0.39 is 0 Å². The van der Waals surface area contributed by atoms with E-state index in [2.05, 4.69) is 21.0 Å². The predicted octanol–water partition coefficient (Wildman–Crippen LogP) is 3.30. The minimum Gasteiger partial charge on any atom is -0.385 e. The number of aromatic nitrogens is 2. The van der Waals surface area contributed by atoms with Crippen molar-refractivity contribution in [2.24, 2.45) is 0 Å². The number of aryl methyl sites for hydroxylation is 1. The molecule has 2 aromatic rings. The van der Waals surface area contributed by atoms with E-state index in [9.17, 15) is 4.79 Å². The van der Waals surface area contributed by atoms with Gasteiger partial charge >= 0.3 is 0 Å². The van der Waals surface area contributed by atoms with Gasteiger partial charge < -0.3 is 4.74 Å².